The first-order chi connectivity index (χ1) is 7.37. The van der Waals surface area contributed by atoms with Gasteiger partial charge in [0.15, 0.2) is 0 Å². The van der Waals surface area contributed by atoms with Crippen molar-refractivity contribution in [3.8, 4) is 0 Å². The molecule has 0 unspecified atom stereocenters. The molecule has 0 saturated heterocycles. The molecule has 1 aromatic rings. The summed E-state index contributed by atoms with van der Waals surface area (Å²) in [5.74, 6) is -1.09. The molecule has 0 radical (unpaired) electrons. The van der Waals surface area contributed by atoms with Gasteiger partial charge in [-0.05, 0) is 49.8 Å². The summed E-state index contributed by atoms with van der Waals surface area (Å²) in [7, 11) is -1.55. The van der Waals surface area contributed by atoms with Gasteiger partial charge in [-0.15, -0.1) is 0 Å². The molecule has 0 aromatic heterocycles. The highest BCUT2D eigenvalue weighted by molar-refractivity contribution is 6.69. The normalized spacial score (nSPS) is 12.1. The summed E-state index contributed by atoms with van der Waals surface area (Å²) in [5.41, 5.74) is 0.605. The van der Waals surface area contributed by atoms with Crippen molar-refractivity contribution < 1.29 is 13.2 Å². The lowest BCUT2D eigenvalue weighted by molar-refractivity contribution is 0.477. The van der Waals surface area contributed by atoms with E-state index in [0.717, 1.165) is 6.07 Å². The van der Waals surface area contributed by atoms with Crippen LogP contribution in [0.1, 0.15) is 5.56 Å². The number of benzene rings is 1. The van der Waals surface area contributed by atoms with E-state index < -0.39 is 20.0 Å². The Kier molecular flexibility index (Phi) is 4.24. The van der Waals surface area contributed by atoms with Gasteiger partial charge in [-0.25, -0.2) is 8.78 Å². The quantitative estimate of drug-likeness (QED) is 0.575. The topological polar surface area (TPSA) is 9.23 Å². The van der Waals surface area contributed by atoms with Crippen molar-refractivity contribution in [1.82, 2.24) is 0 Å². The lowest BCUT2D eigenvalue weighted by atomic mass is 10.1. The molecular weight excluding hydrogens is 226 g/mol. The van der Waals surface area contributed by atoms with Crippen molar-refractivity contribution in [3.05, 3.63) is 47.7 Å². The first kappa shape index (κ1) is 12.9. The highest BCUT2D eigenvalue weighted by Gasteiger charge is 2.12. The molecule has 0 atom stereocenters. The van der Waals surface area contributed by atoms with Crippen LogP contribution < -0.4 is 0 Å². The molecule has 0 fully saturated rings. The second-order valence-corrected chi connectivity index (χ2v) is 9.04. The third kappa shape index (κ3) is 5.07. The van der Waals surface area contributed by atoms with Crippen LogP contribution >= 0.6 is 0 Å². The molecule has 0 amide bonds. The zero-order valence-corrected chi connectivity index (χ0v) is 10.8. The Labute approximate surface area is 95.9 Å². The molecule has 4 heteroatoms. The summed E-state index contributed by atoms with van der Waals surface area (Å²) < 4.78 is 31.2. The fourth-order valence-electron chi connectivity index (χ4n) is 1.17. The zero-order chi connectivity index (χ0) is 12.2. The Morgan fingerprint density at radius 3 is 2.19 bits per heavy atom. The molecule has 0 bridgehead atoms. The molecule has 0 saturated carbocycles. The number of rotatable bonds is 4. The fourth-order valence-corrected chi connectivity index (χ4v) is 1.67. The van der Waals surface area contributed by atoms with E-state index in [-0.39, 0.29) is 0 Å². The van der Waals surface area contributed by atoms with Crippen LogP contribution in [-0.4, -0.2) is 8.32 Å². The minimum atomic E-state index is -1.55. The predicted molar refractivity (Wildman–Crippen MR) is 63.6 cm³/mol. The van der Waals surface area contributed by atoms with Gasteiger partial charge in [-0.1, -0.05) is 0 Å². The third-order valence-electron chi connectivity index (χ3n) is 1.79. The van der Waals surface area contributed by atoms with E-state index in [1.165, 1.54) is 12.1 Å². The van der Waals surface area contributed by atoms with Crippen molar-refractivity contribution in [2.45, 2.75) is 26.1 Å². The summed E-state index contributed by atoms with van der Waals surface area (Å²) in [5, 5.41) is 0. The van der Waals surface area contributed by atoms with Gasteiger partial charge >= 0.3 is 0 Å². The lowest BCUT2D eigenvalue weighted by Crippen LogP contribution is -2.21. The van der Waals surface area contributed by atoms with Gasteiger partial charge in [0.2, 0.25) is 8.32 Å². The van der Waals surface area contributed by atoms with Crippen molar-refractivity contribution in [3.63, 3.8) is 0 Å². The van der Waals surface area contributed by atoms with E-state index in [9.17, 15) is 8.78 Å². The molecule has 0 aliphatic rings. The Morgan fingerprint density at radius 2 is 1.69 bits per heavy atom. The highest BCUT2D eigenvalue weighted by atomic mass is 28.4. The SMILES string of the molecule is C[Si](C)(C)O/C=C\Cc1cc(F)cc(F)c1. The highest BCUT2D eigenvalue weighted by Crippen LogP contribution is 2.09. The van der Waals surface area contributed by atoms with E-state index in [2.05, 4.69) is 19.6 Å². The van der Waals surface area contributed by atoms with Crippen LogP contribution in [0, 0.1) is 11.6 Å². The first-order valence-corrected chi connectivity index (χ1v) is 8.55. The van der Waals surface area contributed by atoms with Crippen molar-refractivity contribution in [1.29, 1.82) is 0 Å². The molecule has 1 aromatic carbocycles. The number of allylic oxidation sites excluding steroid dienone is 1. The van der Waals surface area contributed by atoms with E-state index in [4.69, 9.17) is 4.43 Å². The van der Waals surface area contributed by atoms with Gasteiger partial charge < -0.3 is 4.43 Å². The molecule has 88 valence electrons. The summed E-state index contributed by atoms with van der Waals surface area (Å²) in [6.45, 7) is 6.21. The largest absolute Gasteiger partial charge is 0.550 e. The molecule has 16 heavy (non-hydrogen) atoms. The molecule has 0 spiro atoms. The van der Waals surface area contributed by atoms with Crippen molar-refractivity contribution in [2.75, 3.05) is 0 Å². The second kappa shape index (κ2) is 5.25. The van der Waals surface area contributed by atoms with Gasteiger partial charge in [0.25, 0.3) is 0 Å². The van der Waals surface area contributed by atoms with Gasteiger partial charge in [-0.2, -0.15) is 0 Å². The van der Waals surface area contributed by atoms with Crippen LogP contribution in [0.3, 0.4) is 0 Å². The zero-order valence-electron chi connectivity index (χ0n) is 9.76. The number of hydrogen-bond acceptors (Lipinski definition) is 1. The van der Waals surface area contributed by atoms with Crippen LogP contribution in [0.15, 0.2) is 30.5 Å². The van der Waals surface area contributed by atoms with E-state index in [0.29, 0.717) is 12.0 Å². The molecule has 1 rings (SSSR count). The van der Waals surface area contributed by atoms with Crippen LogP contribution in [0.5, 0.6) is 0 Å². The molecule has 0 heterocycles. The first-order valence-electron chi connectivity index (χ1n) is 5.14. The van der Waals surface area contributed by atoms with Crippen LogP contribution in [-0.2, 0) is 10.8 Å². The molecule has 0 N–H and O–H groups in total. The molecular formula is C12H16F2OSi. The average Bonchev–Trinajstić information content (AvgIpc) is 2.09. The fraction of sp³-hybridized carbons (Fsp3) is 0.333. The average molecular weight is 242 g/mol. The maximum absolute atomic E-state index is 12.8. The Morgan fingerprint density at radius 1 is 1.12 bits per heavy atom. The van der Waals surface area contributed by atoms with Gasteiger partial charge in [0.05, 0.1) is 6.26 Å². The Hall–Kier alpha value is -1.16. The summed E-state index contributed by atoms with van der Waals surface area (Å²) in [6, 6.07) is 3.51. The van der Waals surface area contributed by atoms with Crippen molar-refractivity contribution in [2.24, 2.45) is 0 Å². The monoisotopic (exact) mass is 242 g/mol. The van der Waals surface area contributed by atoms with E-state index >= 15 is 0 Å². The predicted octanol–water partition coefficient (Wildman–Crippen LogP) is 3.87. The molecule has 1 nitrogen and oxygen atoms in total. The summed E-state index contributed by atoms with van der Waals surface area (Å²) in [6.07, 6.45) is 3.86. The molecule has 0 aliphatic heterocycles. The van der Waals surface area contributed by atoms with Gasteiger partial charge in [-0.3, -0.25) is 0 Å². The maximum atomic E-state index is 12.8. The third-order valence-corrected chi connectivity index (χ3v) is 2.64. The van der Waals surface area contributed by atoms with Gasteiger partial charge in [0.1, 0.15) is 11.6 Å². The van der Waals surface area contributed by atoms with Crippen LogP contribution in [0.25, 0.3) is 0 Å². The van der Waals surface area contributed by atoms with E-state index in [1.54, 1.807) is 12.3 Å². The lowest BCUT2D eigenvalue weighted by Gasteiger charge is -2.14. The van der Waals surface area contributed by atoms with Crippen LogP contribution in [0.2, 0.25) is 19.6 Å². The van der Waals surface area contributed by atoms with Crippen molar-refractivity contribution >= 4 is 8.32 Å². The minimum Gasteiger partial charge on any atom is -0.550 e. The number of hydrogen-bond donors (Lipinski definition) is 0. The number of halogens is 2. The summed E-state index contributed by atoms with van der Waals surface area (Å²) in [4.78, 5) is 0. The summed E-state index contributed by atoms with van der Waals surface area (Å²) >= 11 is 0. The standard InChI is InChI=1S/C12H16F2OSi/c1-16(2,3)15-6-4-5-10-7-11(13)9-12(14)8-10/h4,6-9H,5H2,1-3H3/b6-4-. The smallest absolute Gasteiger partial charge is 0.241 e. The Bertz CT molecular complexity index is 363. The van der Waals surface area contributed by atoms with Gasteiger partial charge in [0, 0.05) is 6.07 Å². The minimum absolute atomic E-state index is 0.471. The van der Waals surface area contributed by atoms with E-state index in [1.807, 2.05) is 0 Å². The van der Waals surface area contributed by atoms with Crippen LogP contribution in [0.4, 0.5) is 8.78 Å². The second-order valence-electron chi connectivity index (χ2n) is 4.58. The Balaban J connectivity index is 2.55. The maximum Gasteiger partial charge on any atom is 0.241 e. The molecule has 0 aliphatic carbocycles.